The molecule has 23 heavy (non-hydrogen) atoms. The third-order valence-corrected chi connectivity index (χ3v) is 4.39. The van der Waals surface area contributed by atoms with Crippen LogP contribution in [0.5, 0.6) is 0 Å². The quantitative estimate of drug-likeness (QED) is 0.528. The van der Waals surface area contributed by atoms with E-state index in [0.29, 0.717) is 38.5 Å². The highest BCUT2D eigenvalue weighted by Gasteiger charge is 2.44. The molecule has 0 radical (unpaired) electrons. The Bertz CT molecular complexity index is 561. The van der Waals surface area contributed by atoms with Gasteiger partial charge in [0.15, 0.2) is 0 Å². The summed E-state index contributed by atoms with van der Waals surface area (Å²) < 4.78 is 0. The number of hydrogen-bond acceptors (Lipinski definition) is 5. The summed E-state index contributed by atoms with van der Waals surface area (Å²) in [6.07, 6.45) is 1.92. The Morgan fingerprint density at radius 2 is 1.70 bits per heavy atom. The lowest BCUT2D eigenvalue weighted by atomic mass is 9.64. The van der Waals surface area contributed by atoms with E-state index in [1.807, 2.05) is 42.5 Å². The van der Waals surface area contributed by atoms with E-state index < -0.39 is 17.3 Å². The predicted molar refractivity (Wildman–Crippen MR) is 85.8 cm³/mol. The standard InChI is InChI=1S/C18H21N3O2/c1-2-18(16(10-19)13-22,17(11-20)14-23)8-9-21-12-15-6-4-3-5-7-15/h3-7,13-14,16-17,21H,2,8-9,12H2,1H3. The van der Waals surface area contributed by atoms with Crippen LogP contribution < -0.4 is 5.32 Å². The Morgan fingerprint density at radius 1 is 1.13 bits per heavy atom. The molecule has 0 spiro atoms. The van der Waals surface area contributed by atoms with E-state index in [-0.39, 0.29) is 0 Å². The summed E-state index contributed by atoms with van der Waals surface area (Å²) in [6, 6.07) is 13.7. The number of aldehydes is 2. The number of nitrogens with one attached hydrogen (secondary N) is 1. The zero-order chi connectivity index (χ0) is 17.1. The molecule has 0 aliphatic rings. The summed E-state index contributed by atoms with van der Waals surface area (Å²) in [5.41, 5.74) is 0.172. The van der Waals surface area contributed by atoms with E-state index in [2.05, 4.69) is 5.32 Å². The second-order valence-corrected chi connectivity index (χ2v) is 5.48. The lowest BCUT2D eigenvalue weighted by Gasteiger charge is -2.36. The van der Waals surface area contributed by atoms with Gasteiger partial charge in [0.1, 0.15) is 24.4 Å². The molecule has 0 aliphatic heterocycles. The van der Waals surface area contributed by atoms with Gasteiger partial charge in [-0.2, -0.15) is 10.5 Å². The van der Waals surface area contributed by atoms with Gasteiger partial charge in [-0.05, 0) is 24.9 Å². The van der Waals surface area contributed by atoms with Gasteiger partial charge in [-0.25, -0.2) is 0 Å². The molecule has 0 saturated heterocycles. The molecule has 1 rings (SSSR count). The smallest absolute Gasteiger partial charge is 0.137 e. The molecule has 0 fully saturated rings. The van der Waals surface area contributed by atoms with Crippen molar-refractivity contribution in [2.24, 2.45) is 17.3 Å². The van der Waals surface area contributed by atoms with Crippen molar-refractivity contribution in [3.63, 3.8) is 0 Å². The van der Waals surface area contributed by atoms with Gasteiger partial charge >= 0.3 is 0 Å². The molecule has 2 unspecified atom stereocenters. The number of nitrogens with zero attached hydrogens (tertiary/aromatic N) is 2. The van der Waals surface area contributed by atoms with Crippen LogP contribution in [0.15, 0.2) is 30.3 Å². The summed E-state index contributed by atoms with van der Waals surface area (Å²) in [6.45, 7) is 2.97. The first-order chi connectivity index (χ1) is 11.2. The summed E-state index contributed by atoms with van der Waals surface area (Å²) in [7, 11) is 0. The maximum Gasteiger partial charge on any atom is 0.137 e. The number of rotatable bonds is 10. The average Bonchev–Trinajstić information content (AvgIpc) is 2.60. The van der Waals surface area contributed by atoms with Crippen LogP contribution in [-0.4, -0.2) is 19.1 Å². The molecular weight excluding hydrogens is 290 g/mol. The molecule has 0 amide bonds. The van der Waals surface area contributed by atoms with Crippen molar-refractivity contribution in [2.45, 2.75) is 26.3 Å². The molecule has 1 aromatic rings. The molecule has 5 heteroatoms. The predicted octanol–water partition coefficient (Wildman–Crippen LogP) is 2.24. The lowest BCUT2D eigenvalue weighted by Crippen LogP contribution is -2.40. The topological polar surface area (TPSA) is 93.8 Å². The van der Waals surface area contributed by atoms with Crippen molar-refractivity contribution >= 4 is 12.6 Å². The van der Waals surface area contributed by atoms with E-state index in [1.165, 1.54) is 0 Å². The molecule has 1 aromatic carbocycles. The third kappa shape index (κ3) is 4.48. The fraction of sp³-hybridized carbons (Fsp3) is 0.444. The fourth-order valence-corrected chi connectivity index (χ4v) is 2.86. The first kappa shape index (κ1) is 18.5. The van der Waals surface area contributed by atoms with E-state index in [0.717, 1.165) is 5.56 Å². The summed E-state index contributed by atoms with van der Waals surface area (Å²) in [5, 5.41) is 21.7. The van der Waals surface area contributed by atoms with Crippen LogP contribution >= 0.6 is 0 Å². The highest BCUT2D eigenvalue weighted by atomic mass is 16.1. The minimum atomic E-state index is -0.971. The first-order valence-corrected chi connectivity index (χ1v) is 7.63. The molecular formula is C18H21N3O2. The number of nitriles is 2. The Morgan fingerprint density at radius 3 is 2.13 bits per heavy atom. The third-order valence-electron chi connectivity index (χ3n) is 4.39. The van der Waals surface area contributed by atoms with Gasteiger partial charge in [0.2, 0.25) is 0 Å². The first-order valence-electron chi connectivity index (χ1n) is 7.63. The van der Waals surface area contributed by atoms with Crippen LogP contribution in [-0.2, 0) is 16.1 Å². The monoisotopic (exact) mass is 311 g/mol. The molecule has 0 saturated carbocycles. The number of carbonyl (C=O) groups excluding carboxylic acids is 2. The fourth-order valence-electron chi connectivity index (χ4n) is 2.86. The molecule has 2 atom stereocenters. The minimum absolute atomic E-state index is 0.407. The van der Waals surface area contributed by atoms with Crippen molar-refractivity contribution < 1.29 is 9.59 Å². The summed E-state index contributed by atoms with van der Waals surface area (Å²) >= 11 is 0. The normalized spacial score (nSPS) is 15.4. The van der Waals surface area contributed by atoms with Crippen LogP contribution in [0.25, 0.3) is 0 Å². The largest absolute Gasteiger partial charge is 0.313 e. The molecule has 120 valence electrons. The van der Waals surface area contributed by atoms with Crippen LogP contribution in [0.1, 0.15) is 25.3 Å². The summed E-state index contributed by atoms with van der Waals surface area (Å²) in [4.78, 5) is 22.5. The Balaban J connectivity index is 2.81. The van der Waals surface area contributed by atoms with Gasteiger partial charge < -0.3 is 14.9 Å². The highest BCUT2D eigenvalue weighted by Crippen LogP contribution is 2.40. The second-order valence-electron chi connectivity index (χ2n) is 5.48. The van der Waals surface area contributed by atoms with Crippen molar-refractivity contribution in [1.82, 2.24) is 5.32 Å². The van der Waals surface area contributed by atoms with E-state index in [9.17, 15) is 20.1 Å². The van der Waals surface area contributed by atoms with Crippen molar-refractivity contribution in [3.05, 3.63) is 35.9 Å². The Kier molecular flexibility index (Phi) is 7.66. The minimum Gasteiger partial charge on any atom is -0.313 e. The molecule has 5 nitrogen and oxygen atoms in total. The van der Waals surface area contributed by atoms with E-state index in [4.69, 9.17) is 0 Å². The molecule has 0 heterocycles. The average molecular weight is 311 g/mol. The SMILES string of the molecule is CCC(CCNCc1ccccc1)(C(C#N)C=O)C(C#N)C=O. The van der Waals surface area contributed by atoms with E-state index in [1.54, 1.807) is 6.92 Å². The van der Waals surface area contributed by atoms with Gasteiger partial charge in [0.05, 0.1) is 12.1 Å². The zero-order valence-electron chi connectivity index (χ0n) is 13.2. The zero-order valence-corrected chi connectivity index (χ0v) is 13.2. The molecule has 0 aromatic heterocycles. The number of benzene rings is 1. The second kappa shape index (κ2) is 9.50. The molecule has 1 N–H and O–H groups in total. The van der Waals surface area contributed by atoms with Crippen molar-refractivity contribution in [3.8, 4) is 12.1 Å². The van der Waals surface area contributed by atoms with Gasteiger partial charge in [-0.15, -0.1) is 0 Å². The highest BCUT2D eigenvalue weighted by molar-refractivity contribution is 5.65. The van der Waals surface area contributed by atoms with E-state index >= 15 is 0 Å². The number of carbonyl (C=O) groups is 2. The van der Waals surface area contributed by atoms with Crippen LogP contribution in [0.2, 0.25) is 0 Å². The maximum atomic E-state index is 11.3. The summed E-state index contributed by atoms with van der Waals surface area (Å²) in [5.74, 6) is -1.94. The van der Waals surface area contributed by atoms with Crippen LogP contribution in [0, 0.1) is 39.9 Å². The van der Waals surface area contributed by atoms with Gasteiger partial charge in [0.25, 0.3) is 0 Å². The Labute approximate surface area is 136 Å². The Hall–Kier alpha value is -2.50. The van der Waals surface area contributed by atoms with Crippen LogP contribution in [0.3, 0.4) is 0 Å². The van der Waals surface area contributed by atoms with Crippen LogP contribution in [0.4, 0.5) is 0 Å². The number of hydrogen-bond donors (Lipinski definition) is 1. The molecule has 0 bridgehead atoms. The lowest BCUT2D eigenvalue weighted by molar-refractivity contribution is -0.118. The van der Waals surface area contributed by atoms with Gasteiger partial charge in [0, 0.05) is 12.0 Å². The van der Waals surface area contributed by atoms with Gasteiger partial charge in [-0.1, -0.05) is 37.3 Å². The molecule has 0 aliphatic carbocycles. The van der Waals surface area contributed by atoms with Gasteiger partial charge in [-0.3, -0.25) is 0 Å². The maximum absolute atomic E-state index is 11.3. The van der Waals surface area contributed by atoms with Crippen molar-refractivity contribution in [2.75, 3.05) is 6.54 Å². The van der Waals surface area contributed by atoms with Crippen molar-refractivity contribution in [1.29, 1.82) is 10.5 Å².